The zero-order valence-electron chi connectivity index (χ0n) is 8.93. The van der Waals surface area contributed by atoms with Gasteiger partial charge in [-0.25, -0.2) is 0 Å². The smallest absolute Gasteiger partial charge is 0.0466 e. The standard InChI is InChI=1S/C12H16Cl2O/c1-2-15-6-4-3-5-10-7-11(13)9-12(14)8-10/h7-9H,2-6H2,1H3. The second-order valence-electron chi connectivity index (χ2n) is 3.43. The lowest BCUT2D eigenvalue weighted by Gasteiger charge is -2.03. The van der Waals surface area contributed by atoms with Crippen molar-refractivity contribution in [3.63, 3.8) is 0 Å². The van der Waals surface area contributed by atoms with E-state index in [2.05, 4.69) is 0 Å². The first-order valence-corrected chi connectivity index (χ1v) is 6.00. The molecule has 3 heteroatoms. The van der Waals surface area contributed by atoms with Gasteiger partial charge in [-0.2, -0.15) is 0 Å². The fourth-order valence-electron chi connectivity index (χ4n) is 1.43. The molecule has 0 aliphatic heterocycles. The maximum atomic E-state index is 5.90. The molecular weight excluding hydrogens is 231 g/mol. The summed E-state index contributed by atoms with van der Waals surface area (Å²) in [6, 6.07) is 5.69. The Balaban J connectivity index is 2.31. The number of benzene rings is 1. The fraction of sp³-hybridized carbons (Fsp3) is 0.500. The summed E-state index contributed by atoms with van der Waals surface area (Å²) in [6.07, 6.45) is 3.20. The summed E-state index contributed by atoms with van der Waals surface area (Å²) in [5.74, 6) is 0. The van der Waals surface area contributed by atoms with Gasteiger partial charge in [-0.3, -0.25) is 0 Å². The Hall–Kier alpha value is -0.240. The lowest BCUT2D eigenvalue weighted by Crippen LogP contribution is -1.94. The van der Waals surface area contributed by atoms with Crippen molar-refractivity contribution in [2.75, 3.05) is 13.2 Å². The van der Waals surface area contributed by atoms with Crippen molar-refractivity contribution >= 4 is 23.2 Å². The van der Waals surface area contributed by atoms with Crippen LogP contribution in [-0.2, 0) is 11.2 Å². The van der Waals surface area contributed by atoms with Crippen LogP contribution in [-0.4, -0.2) is 13.2 Å². The van der Waals surface area contributed by atoms with Crippen LogP contribution < -0.4 is 0 Å². The molecule has 1 rings (SSSR count). The van der Waals surface area contributed by atoms with E-state index in [1.54, 1.807) is 6.07 Å². The lowest BCUT2D eigenvalue weighted by molar-refractivity contribution is 0.143. The highest BCUT2D eigenvalue weighted by molar-refractivity contribution is 6.34. The third kappa shape index (κ3) is 5.41. The van der Waals surface area contributed by atoms with Gasteiger partial charge in [-0.05, 0) is 49.9 Å². The van der Waals surface area contributed by atoms with Crippen LogP contribution in [0.3, 0.4) is 0 Å². The van der Waals surface area contributed by atoms with Crippen molar-refractivity contribution < 1.29 is 4.74 Å². The monoisotopic (exact) mass is 246 g/mol. The Morgan fingerprint density at radius 3 is 2.33 bits per heavy atom. The van der Waals surface area contributed by atoms with E-state index in [9.17, 15) is 0 Å². The summed E-state index contributed by atoms with van der Waals surface area (Å²) >= 11 is 11.8. The van der Waals surface area contributed by atoms with Crippen molar-refractivity contribution in [3.8, 4) is 0 Å². The van der Waals surface area contributed by atoms with Gasteiger partial charge in [-0.15, -0.1) is 0 Å². The maximum absolute atomic E-state index is 5.90. The Bertz CT molecular complexity index is 279. The van der Waals surface area contributed by atoms with Gasteiger partial charge in [0.2, 0.25) is 0 Å². The van der Waals surface area contributed by atoms with E-state index < -0.39 is 0 Å². The number of hydrogen-bond donors (Lipinski definition) is 0. The Morgan fingerprint density at radius 1 is 1.07 bits per heavy atom. The molecule has 0 N–H and O–H groups in total. The first-order chi connectivity index (χ1) is 7.22. The lowest BCUT2D eigenvalue weighted by atomic mass is 10.1. The minimum absolute atomic E-state index is 0.710. The Morgan fingerprint density at radius 2 is 1.73 bits per heavy atom. The van der Waals surface area contributed by atoms with E-state index in [0.29, 0.717) is 10.0 Å². The highest BCUT2D eigenvalue weighted by Crippen LogP contribution is 2.20. The van der Waals surface area contributed by atoms with Gasteiger partial charge in [0.05, 0.1) is 0 Å². The zero-order valence-corrected chi connectivity index (χ0v) is 10.4. The van der Waals surface area contributed by atoms with E-state index in [1.807, 2.05) is 19.1 Å². The van der Waals surface area contributed by atoms with E-state index >= 15 is 0 Å². The molecule has 0 aliphatic rings. The number of halogens is 2. The number of rotatable bonds is 6. The van der Waals surface area contributed by atoms with Crippen molar-refractivity contribution in [1.29, 1.82) is 0 Å². The molecule has 0 aromatic heterocycles. The molecule has 1 aromatic carbocycles. The molecule has 0 bridgehead atoms. The van der Waals surface area contributed by atoms with Gasteiger partial charge >= 0.3 is 0 Å². The van der Waals surface area contributed by atoms with Crippen LogP contribution in [0.25, 0.3) is 0 Å². The average Bonchev–Trinajstić information content (AvgIpc) is 2.16. The molecule has 0 amide bonds. The Kier molecular flexibility index (Phi) is 6.07. The van der Waals surface area contributed by atoms with Crippen LogP contribution in [0.4, 0.5) is 0 Å². The highest BCUT2D eigenvalue weighted by Gasteiger charge is 1.98. The topological polar surface area (TPSA) is 9.23 Å². The molecule has 0 fully saturated rings. The van der Waals surface area contributed by atoms with Crippen LogP contribution in [0.5, 0.6) is 0 Å². The highest BCUT2D eigenvalue weighted by atomic mass is 35.5. The summed E-state index contributed by atoms with van der Waals surface area (Å²) in [5, 5.41) is 1.42. The van der Waals surface area contributed by atoms with Gasteiger partial charge in [0.25, 0.3) is 0 Å². The molecule has 0 unspecified atom stereocenters. The van der Waals surface area contributed by atoms with Crippen LogP contribution in [0.2, 0.25) is 10.0 Å². The molecule has 1 nitrogen and oxygen atoms in total. The summed E-state index contributed by atoms with van der Waals surface area (Å²) in [7, 11) is 0. The zero-order chi connectivity index (χ0) is 11.1. The molecule has 0 saturated carbocycles. The second-order valence-corrected chi connectivity index (χ2v) is 4.30. The van der Waals surface area contributed by atoms with Crippen molar-refractivity contribution in [2.45, 2.75) is 26.2 Å². The fourth-order valence-corrected chi connectivity index (χ4v) is 2.00. The minimum Gasteiger partial charge on any atom is -0.382 e. The molecule has 0 aliphatic carbocycles. The molecule has 0 atom stereocenters. The van der Waals surface area contributed by atoms with Crippen LogP contribution >= 0.6 is 23.2 Å². The van der Waals surface area contributed by atoms with Crippen molar-refractivity contribution in [3.05, 3.63) is 33.8 Å². The van der Waals surface area contributed by atoms with E-state index in [1.165, 1.54) is 5.56 Å². The van der Waals surface area contributed by atoms with Crippen LogP contribution in [0.15, 0.2) is 18.2 Å². The SMILES string of the molecule is CCOCCCCc1cc(Cl)cc(Cl)c1. The van der Waals surface area contributed by atoms with E-state index in [4.69, 9.17) is 27.9 Å². The second kappa shape index (κ2) is 7.10. The van der Waals surface area contributed by atoms with Gasteiger partial charge in [0.1, 0.15) is 0 Å². The quantitative estimate of drug-likeness (QED) is 0.679. The molecule has 15 heavy (non-hydrogen) atoms. The van der Waals surface area contributed by atoms with Crippen molar-refractivity contribution in [1.82, 2.24) is 0 Å². The normalized spacial score (nSPS) is 10.6. The van der Waals surface area contributed by atoms with Crippen LogP contribution in [0.1, 0.15) is 25.3 Å². The number of aryl methyl sites for hydroxylation is 1. The summed E-state index contributed by atoms with van der Waals surface area (Å²) in [4.78, 5) is 0. The molecule has 0 heterocycles. The van der Waals surface area contributed by atoms with E-state index in [-0.39, 0.29) is 0 Å². The predicted octanol–water partition coefficient (Wildman–Crippen LogP) is 4.35. The third-order valence-corrected chi connectivity index (χ3v) is 2.57. The first kappa shape index (κ1) is 12.8. The Labute approximate surface area is 101 Å². The largest absolute Gasteiger partial charge is 0.382 e. The van der Waals surface area contributed by atoms with Gasteiger partial charge < -0.3 is 4.74 Å². The predicted molar refractivity (Wildman–Crippen MR) is 65.9 cm³/mol. The van der Waals surface area contributed by atoms with Crippen LogP contribution in [0, 0.1) is 0 Å². The van der Waals surface area contributed by atoms with E-state index in [0.717, 1.165) is 32.5 Å². The molecule has 0 radical (unpaired) electrons. The molecule has 84 valence electrons. The summed E-state index contributed by atoms with van der Waals surface area (Å²) in [6.45, 7) is 3.64. The summed E-state index contributed by atoms with van der Waals surface area (Å²) in [5.41, 5.74) is 1.20. The van der Waals surface area contributed by atoms with Gasteiger partial charge in [0, 0.05) is 23.3 Å². The molecule has 0 saturated heterocycles. The molecular formula is C12H16Cl2O. The number of unbranched alkanes of at least 4 members (excludes halogenated alkanes) is 1. The summed E-state index contributed by atoms with van der Waals surface area (Å²) < 4.78 is 5.27. The van der Waals surface area contributed by atoms with Gasteiger partial charge in [-0.1, -0.05) is 23.2 Å². The van der Waals surface area contributed by atoms with Gasteiger partial charge in [0.15, 0.2) is 0 Å². The molecule has 1 aromatic rings. The third-order valence-electron chi connectivity index (χ3n) is 2.13. The number of hydrogen-bond acceptors (Lipinski definition) is 1. The van der Waals surface area contributed by atoms with Crippen molar-refractivity contribution in [2.24, 2.45) is 0 Å². The first-order valence-electron chi connectivity index (χ1n) is 5.25. The average molecular weight is 247 g/mol. The molecule has 0 spiro atoms. The maximum Gasteiger partial charge on any atom is 0.0466 e. The minimum atomic E-state index is 0.710. The number of ether oxygens (including phenoxy) is 1.